The van der Waals surface area contributed by atoms with Crippen LogP contribution in [0.25, 0.3) is 5.82 Å². The van der Waals surface area contributed by atoms with Gasteiger partial charge in [0.25, 0.3) is 10.0 Å². The maximum Gasteiger partial charge on any atom is 0.285 e. The molecule has 5 rings (SSSR count). The molecule has 1 saturated heterocycles. The van der Waals surface area contributed by atoms with Crippen molar-refractivity contribution >= 4 is 27.5 Å². The van der Waals surface area contributed by atoms with E-state index in [1.165, 1.54) is 0 Å². The molecule has 9 nitrogen and oxygen atoms in total. The van der Waals surface area contributed by atoms with Gasteiger partial charge in [0.05, 0.1) is 11.9 Å². The number of sulfonamides is 1. The van der Waals surface area contributed by atoms with Gasteiger partial charge in [0.15, 0.2) is 11.7 Å². The first-order valence-corrected chi connectivity index (χ1v) is 10.9. The van der Waals surface area contributed by atoms with E-state index in [0.717, 1.165) is 6.42 Å². The van der Waals surface area contributed by atoms with Gasteiger partial charge in [0, 0.05) is 24.5 Å². The number of hydrogen-bond donors (Lipinski definition) is 1. The van der Waals surface area contributed by atoms with Crippen molar-refractivity contribution in [2.75, 3.05) is 11.9 Å². The van der Waals surface area contributed by atoms with Crippen molar-refractivity contribution in [3.63, 3.8) is 0 Å². The summed E-state index contributed by atoms with van der Waals surface area (Å²) in [6, 6.07) is 11.5. The molecule has 2 aliphatic rings. The predicted molar refractivity (Wildman–Crippen MR) is 110 cm³/mol. The van der Waals surface area contributed by atoms with Crippen molar-refractivity contribution in [3.05, 3.63) is 66.6 Å². The molecule has 0 aliphatic carbocycles. The standard InChI is InChI=1S/C20H18N6O3S/c27-20(23-14-8-9-18(21-13-14)26-12-4-10-22-26)16-6-3-11-25(16)19-15-5-1-2-7-17(15)30(28,29)24-19/h1-2,4-5,7-10,12-13,16H,3,6,11H2,(H,23,27)/t16-/m0/s1. The van der Waals surface area contributed by atoms with Crippen molar-refractivity contribution in [2.45, 2.75) is 23.8 Å². The number of amides is 1. The summed E-state index contributed by atoms with van der Waals surface area (Å²) in [5, 5.41) is 7.00. The predicted octanol–water partition coefficient (Wildman–Crippen LogP) is 1.82. The van der Waals surface area contributed by atoms with Crippen LogP contribution in [0.4, 0.5) is 5.69 Å². The Bertz CT molecular complexity index is 1240. The summed E-state index contributed by atoms with van der Waals surface area (Å²) in [7, 11) is -3.73. The van der Waals surface area contributed by atoms with Gasteiger partial charge in [-0.25, -0.2) is 9.67 Å². The summed E-state index contributed by atoms with van der Waals surface area (Å²) < 4.78 is 30.4. The molecule has 30 heavy (non-hydrogen) atoms. The summed E-state index contributed by atoms with van der Waals surface area (Å²) in [6.07, 6.45) is 6.41. The first kappa shape index (κ1) is 18.5. The van der Waals surface area contributed by atoms with Crippen molar-refractivity contribution in [1.82, 2.24) is 19.7 Å². The summed E-state index contributed by atoms with van der Waals surface area (Å²) in [4.78, 5) is 19.2. The van der Waals surface area contributed by atoms with Crippen LogP contribution in [0.1, 0.15) is 18.4 Å². The molecule has 0 radical (unpaired) electrons. The lowest BCUT2D eigenvalue weighted by atomic mass is 10.1. The van der Waals surface area contributed by atoms with Gasteiger partial charge >= 0.3 is 0 Å². The number of likely N-dealkylation sites (tertiary alicyclic amines) is 1. The van der Waals surface area contributed by atoms with E-state index in [1.54, 1.807) is 70.6 Å². The van der Waals surface area contributed by atoms with Gasteiger partial charge in [-0.1, -0.05) is 12.1 Å². The van der Waals surface area contributed by atoms with Gasteiger partial charge in [-0.15, -0.1) is 4.40 Å². The highest BCUT2D eigenvalue weighted by molar-refractivity contribution is 7.90. The number of carbonyl (C=O) groups is 1. The second kappa shape index (κ2) is 7.06. The number of pyridine rings is 1. The molecule has 2 aromatic heterocycles. The van der Waals surface area contributed by atoms with Gasteiger partial charge in [-0.2, -0.15) is 13.5 Å². The van der Waals surface area contributed by atoms with E-state index in [-0.39, 0.29) is 10.8 Å². The number of amidine groups is 1. The van der Waals surface area contributed by atoms with Crippen LogP contribution in [0.2, 0.25) is 0 Å². The van der Waals surface area contributed by atoms with Crippen LogP contribution in [0.5, 0.6) is 0 Å². The average molecular weight is 422 g/mol. The zero-order valence-electron chi connectivity index (χ0n) is 15.8. The first-order valence-electron chi connectivity index (χ1n) is 9.51. The Hall–Kier alpha value is -3.53. The highest BCUT2D eigenvalue weighted by atomic mass is 32.2. The van der Waals surface area contributed by atoms with Crippen LogP contribution in [0.15, 0.2) is 70.3 Å². The number of benzene rings is 1. The Balaban J connectivity index is 1.36. The Labute approximate surface area is 173 Å². The number of carbonyl (C=O) groups excluding carboxylic acids is 1. The molecule has 2 aliphatic heterocycles. The maximum atomic E-state index is 13.0. The first-order chi connectivity index (χ1) is 14.5. The molecule has 152 valence electrons. The molecular formula is C20H18N6O3S. The molecule has 1 aromatic carbocycles. The minimum Gasteiger partial charge on any atom is -0.343 e. The van der Waals surface area contributed by atoms with Gasteiger partial charge < -0.3 is 10.2 Å². The second-order valence-electron chi connectivity index (χ2n) is 7.08. The molecule has 0 bridgehead atoms. The number of nitrogens with one attached hydrogen (secondary N) is 1. The van der Waals surface area contributed by atoms with E-state index in [1.807, 2.05) is 0 Å². The van der Waals surface area contributed by atoms with Crippen molar-refractivity contribution in [2.24, 2.45) is 4.40 Å². The Kier molecular flexibility index (Phi) is 4.35. The zero-order chi connectivity index (χ0) is 20.7. The van der Waals surface area contributed by atoms with Gasteiger partial charge in [0.1, 0.15) is 10.9 Å². The van der Waals surface area contributed by atoms with Crippen LogP contribution in [-0.4, -0.2) is 52.4 Å². The summed E-state index contributed by atoms with van der Waals surface area (Å²) in [6.45, 7) is 0.567. The van der Waals surface area contributed by atoms with E-state index in [2.05, 4.69) is 19.8 Å². The van der Waals surface area contributed by atoms with Gasteiger partial charge in [-0.3, -0.25) is 4.79 Å². The van der Waals surface area contributed by atoms with Crippen molar-refractivity contribution in [3.8, 4) is 5.82 Å². The zero-order valence-corrected chi connectivity index (χ0v) is 16.7. The minimum absolute atomic E-state index is 0.185. The van der Waals surface area contributed by atoms with Crippen LogP contribution >= 0.6 is 0 Å². The van der Waals surface area contributed by atoms with Gasteiger partial charge in [0.2, 0.25) is 5.91 Å². The molecule has 10 heteroatoms. The summed E-state index contributed by atoms with van der Waals surface area (Å²) in [5.41, 5.74) is 1.10. The smallest absolute Gasteiger partial charge is 0.285 e. The number of hydrogen-bond acceptors (Lipinski definition) is 6. The highest BCUT2D eigenvalue weighted by Crippen LogP contribution is 2.31. The Morgan fingerprint density at radius 2 is 2.00 bits per heavy atom. The van der Waals surface area contributed by atoms with E-state index >= 15 is 0 Å². The normalized spacial score (nSPS) is 19.4. The molecule has 4 heterocycles. The molecule has 0 saturated carbocycles. The monoisotopic (exact) mass is 422 g/mol. The summed E-state index contributed by atoms with van der Waals surface area (Å²) in [5.74, 6) is 0.767. The van der Waals surface area contributed by atoms with E-state index in [0.29, 0.717) is 35.9 Å². The van der Waals surface area contributed by atoms with Crippen LogP contribution in [-0.2, 0) is 14.8 Å². The molecule has 1 fully saturated rings. The topological polar surface area (TPSA) is 110 Å². The molecule has 0 unspecified atom stereocenters. The largest absolute Gasteiger partial charge is 0.343 e. The second-order valence-corrected chi connectivity index (χ2v) is 8.66. The quantitative estimate of drug-likeness (QED) is 0.690. The van der Waals surface area contributed by atoms with E-state index in [9.17, 15) is 13.2 Å². The average Bonchev–Trinajstić information content (AvgIpc) is 3.48. The third kappa shape index (κ3) is 3.14. The van der Waals surface area contributed by atoms with Crippen LogP contribution in [0.3, 0.4) is 0 Å². The lowest BCUT2D eigenvalue weighted by molar-refractivity contribution is -0.119. The molecular weight excluding hydrogens is 404 g/mol. The SMILES string of the molecule is O=C(Nc1ccc(-n2cccn2)nc1)[C@@H]1CCCN1C1=NS(=O)(=O)c2ccccc21. The number of nitrogens with zero attached hydrogens (tertiary/aromatic N) is 5. The number of anilines is 1. The Morgan fingerprint density at radius 1 is 1.13 bits per heavy atom. The third-order valence-corrected chi connectivity index (χ3v) is 6.52. The lowest BCUT2D eigenvalue weighted by Crippen LogP contribution is -2.43. The van der Waals surface area contributed by atoms with Crippen molar-refractivity contribution in [1.29, 1.82) is 0 Å². The maximum absolute atomic E-state index is 13.0. The summed E-state index contributed by atoms with van der Waals surface area (Å²) >= 11 is 0. The fourth-order valence-electron chi connectivity index (χ4n) is 3.81. The Morgan fingerprint density at radius 3 is 2.77 bits per heavy atom. The number of rotatable bonds is 3. The number of aromatic nitrogens is 3. The minimum atomic E-state index is -3.73. The fraction of sp³-hybridized carbons (Fsp3) is 0.200. The third-order valence-electron chi connectivity index (χ3n) is 5.19. The van der Waals surface area contributed by atoms with Crippen LogP contribution < -0.4 is 5.32 Å². The molecule has 1 atom stereocenters. The molecule has 3 aromatic rings. The molecule has 1 amide bonds. The van der Waals surface area contributed by atoms with Crippen molar-refractivity contribution < 1.29 is 13.2 Å². The number of fused-ring (bicyclic) bond motifs is 1. The molecule has 1 N–H and O–H groups in total. The highest BCUT2D eigenvalue weighted by Gasteiger charge is 2.39. The van der Waals surface area contributed by atoms with E-state index in [4.69, 9.17) is 0 Å². The lowest BCUT2D eigenvalue weighted by Gasteiger charge is -2.25. The van der Waals surface area contributed by atoms with E-state index < -0.39 is 16.1 Å². The fourth-order valence-corrected chi connectivity index (χ4v) is 5.03. The molecule has 0 spiro atoms. The van der Waals surface area contributed by atoms with Gasteiger partial charge in [-0.05, 0) is 43.2 Å². The van der Waals surface area contributed by atoms with Crippen LogP contribution in [0, 0.1) is 0 Å².